The van der Waals surface area contributed by atoms with Gasteiger partial charge in [0.05, 0.1) is 6.07 Å². The Bertz CT molecular complexity index is 920. The summed E-state index contributed by atoms with van der Waals surface area (Å²) in [6.45, 7) is 0. The molecule has 0 bridgehead atoms. The first-order valence-corrected chi connectivity index (χ1v) is 8.14. The van der Waals surface area contributed by atoms with Gasteiger partial charge in [-0.2, -0.15) is 13.4 Å². The quantitative estimate of drug-likeness (QED) is 0.812. The lowest BCUT2D eigenvalue weighted by Crippen LogP contribution is -2.28. The van der Waals surface area contributed by atoms with E-state index in [0.717, 1.165) is 10.6 Å². The molecule has 8 nitrogen and oxygen atoms in total. The molecule has 1 unspecified atom stereocenters. The van der Waals surface area contributed by atoms with Crippen LogP contribution >= 0.6 is 0 Å². The van der Waals surface area contributed by atoms with E-state index >= 15 is 0 Å². The van der Waals surface area contributed by atoms with Gasteiger partial charge in [0.1, 0.15) is 16.8 Å². The molecule has 0 amide bonds. The number of rotatable bonds is 4. The van der Waals surface area contributed by atoms with Crippen LogP contribution in [0.25, 0.3) is 0 Å². The molecule has 2 aromatic rings. The van der Waals surface area contributed by atoms with E-state index < -0.39 is 27.7 Å². The maximum absolute atomic E-state index is 12.1. The van der Waals surface area contributed by atoms with Gasteiger partial charge in [-0.1, -0.05) is 18.2 Å². The first-order valence-electron chi connectivity index (χ1n) is 6.73. The van der Waals surface area contributed by atoms with Crippen molar-refractivity contribution >= 4 is 16.1 Å². The number of nitrogens with zero attached hydrogens (tertiary/aromatic N) is 2. The van der Waals surface area contributed by atoms with Crippen LogP contribution < -0.4 is 9.74 Å². The molecule has 9 heteroatoms. The maximum Gasteiger partial charge on any atom is 0.340 e. The highest BCUT2D eigenvalue weighted by Gasteiger charge is 2.31. The predicted molar refractivity (Wildman–Crippen MR) is 77.7 cm³/mol. The number of carbonyl (C=O) groups is 1. The number of hydrogen-bond donors (Lipinski definition) is 1. The van der Waals surface area contributed by atoms with E-state index in [1.807, 2.05) is 0 Å². The Hall–Kier alpha value is -2.68. The average Bonchev–Trinajstić information content (AvgIpc) is 2.92. The molecular weight excluding hydrogens is 324 g/mol. The third-order valence-corrected chi connectivity index (χ3v) is 4.71. The standard InChI is InChI=1S/C14H12N2O6S/c17-13-8-12(15-11-7-6-10(14(18)19)16(11)13)22-23(20,21)9-4-2-1-3-5-9/h1-5,8,10H,6-7H2,(H,18,19). The van der Waals surface area contributed by atoms with Gasteiger partial charge in [0, 0.05) is 6.42 Å². The van der Waals surface area contributed by atoms with Crippen molar-refractivity contribution < 1.29 is 22.5 Å². The fourth-order valence-electron chi connectivity index (χ4n) is 2.44. The van der Waals surface area contributed by atoms with Gasteiger partial charge < -0.3 is 9.29 Å². The summed E-state index contributed by atoms with van der Waals surface area (Å²) in [5.41, 5.74) is -0.654. The van der Waals surface area contributed by atoms with Crippen LogP contribution in [-0.4, -0.2) is 29.0 Å². The minimum Gasteiger partial charge on any atom is -0.480 e. The number of fused-ring (bicyclic) bond motifs is 1. The van der Waals surface area contributed by atoms with Crippen molar-refractivity contribution in [1.82, 2.24) is 9.55 Å². The van der Waals surface area contributed by atoms with Crippen molar-refractivity contribution in [1.29, 1.82) is 0 Å². The monoisotopic (exact) mass is 336 g/mol. The molecule has 1 atom stereocenters. The third-order valence-electron chi connectivity index (χ3n) is 3.47. The van der Waals surface area contributed by atoms with E-state index in [0.29, 0.717) is 0 Å². The Kier molecular flexibility index (Phi) is 3.64. The summed E-state index contributed by atoms with van der Waals surface area (Å²) in [4.78, 5) is 27.0. The Morgan fingerprint density at radius 3 is 2.65 bits per heavy atom. The number of aryl methyl sites for hydroxylation is 1. The number of aliphatic carboxylic acids is 1. The molecule has 0 saturated heterocycles. The average molecular weight is 336 g/mol. The summed E-state index contributed by atoms with van der Waals surface area (Å²) in [5, 5.41) is 9.07. The SMILES string of the molecule is O=C(O)C1CCc2nc(OS(=O)(=O)c3ccccc3)cc(=O)n21. The van der Waals surface area contributed by atoms with Crippen LogP contribution in [0.4, 0.5) is 0 Å². The van der Waals surface area contributed by atoms with Crippen LogP contribution in [0.2, 0.25) is 0 Å². The molecule has 1 aliphatic heterocycles. The second-order valence-electron chi connectivity index (χ2n) is 4.96. The zero-order chi connectivity index (χ0) is 16.6. The number of aromatic nitrogens is 2. The highest BCUT2D eigenvalue weighted by molar-refractivity contribution is 7.87. The maximum atomic E-state index is 12.1. The zero-order valence-corrected chi connectivity index (χ0v) is 12.6. The lowest BCUT2D eigenvalue weighted by atomic mass is 10.2. The molecule has 3 rings (SSSR count). The van der Waals surface area contributed by atoms with Crippen molar-refractivity contribution in [3.05, 3.63) is 52.6 Å². The molecule has 0 fully saturated rings. The molecule has 0 aliphatic carbocycles. The Balaban J connectivity index is 1.97. The van der Waals surface area contributed by atoms with Crippen LogP contribution in [-0.2, 0) is 21.3 Å². The first-order chi connectivity index (χ1) is 10.9. The molecule has 0 saturated carbocycles. The first kappa shape index (κ1) is 15.2. The van der Waals surface area contributed by atoms with E-state index in [9.17, 15) is 18.0 Å². The van der Waals surface area contributed by atoms with Crippen molar-refractivity contribution in [3.63, 3.8) is 0 Å². The smallest absolute Gasteiger partial charge is 0.340 e. The molecule has 1 N–H and O–H groups in total. The highest BCUT2D eigenvalue weighted by Crippen LogP contribution is 2.24. The molecular formula is C14H12N2O6S. The lowest BCUT2D eigenvalue weighted by Gasteiger charge is -2.10. The molecule has 120 valence electrons. The molecule has 0 radical (unpaired) electrons. The number of hydrogen-bond acceptors (Lipinski definition) is 6. The second kappa shape index (κ2) is 5.51. The van der Waals surface area contributed by atoms with Crippen LogP contribution in [0.5, 0.6) is 5.88 Å². The van der Waals surface area contributed by atoms with Crippen molar-refractivity contribution in [2.75, 3.05) is 0 Å². The molecule has 1 aromatic heterocycles. The zero-order valence-electron chi connectivity index (χ0n) is 11.7. The number of benzene rings is 1. The molecule has 2 heterocycles. The summed E-state index contributed by atoms with van der Waals surface area (Å²) in [6.07, 6.45) is 0.487. The normalized spacial score (nSPS) is 16.8. The third kappa shape index (κ3) is 2.82. The van der Waals surface area contributed by atoms with Gasteiger partial charge in [0.25, 0.3) is 5.56 Å². The topological polar surface area (TPSA) is 116 Å². The minimum atomic E-state index is -4.10. The van der Waals surface area contributed by atoms with Gasteiger partial charge in [0.15, 0.2) is 0 Å². The second-order valence-corrected chi connectivity index (χ2v) is 6.51. The van der Waals surface area contributed by atoms with E-state index in [1.54, 1.807) is 18.2 Å². The molecule has 0 spiro atoms. The van der Waals surface area contributed by atoms with Gasteiger partial charge in [0.2, 0.25) is 5.88 Å². The summed E-state index contributed by atoms with van der Waals surface area (Å²) in [7, 11) is -4.10. The fraction of sp³-hybridized carbons (Fsp3) is 0.214. The lowest BCUT2D eigenvalue weighted by molar-refractivity contribution is -0.140. The van der Waals surface area contributed by atoms with E-state index in [1.165, 1.54) is 12.1 Å². The Labute approximate surface area is 131 Å². The summed E-state index contributed by atoms with van der Waals surface area (Å²) >= 11 is 0. The predicted octanol–water partition coefficient (Wildman–Crippen LogP) is 0.583. The van der Waals surface area contributed by atoms with Crippen LogP contribution in [0.15, 0.2) is 46.1 Å². The Morgan fingerprint density at radius 2 is 2.00 bits per heavy atom. The van der Waals surface area contributed by atoms with Crippen LogP contribution in [0.3, 0.4) is 0 Å². The van der Waals surface area contributed by atoms with Gasteiger partial charge in [-0.05, 0) is 18.6 Å². The number of carboxylic acid groups (broad SMARTS) is 1. The van der Waals surface area contributed by atoms with Gasteiger partial charge in [-0.15, -0.1) is 0 Å². The summed E-state index contributed by atoms with van der Waals surface area (Å²) < 4.78 is 30.2. The number of carboxylic acids is 1. The van der Waals surface area contributed by atoms with Crippen LogP contribution in [0, 0.1) is 0 Å². The summed E-state index contributed by atoms with van der Waals surface area (Å²) in [6, 6.07) is 7.35. The van der Waals surface area contributed by atoms with Gasteiger partial charge in [-0.3, -0.25) is 9.36 Å². The van der Waals surface area contributed by atoms with Crippen LogP contribution in [0.1, 0.15) is 18.3 Å². The van der Waals surface area contributed by atoms with Crippen molar-refractivity contribution in [2.24, 2.45) is 0 Å². The Morgan fingerprint density at radius 1 is 1.30 bits per heavy atom. The largest absolute Gasteiger partial charge is 0.480 e. The van der Waals surface area contributed by atoms with Gasteiger partial charge in [-0.25, -0.2) is 4.79 Å². The summed E-state index contributed by atoms with van der Waals surface area (Å²) in [5.74, 6) is -1.29. The minimum absolute atomic E-state index is 0.0641. The molecule has 1 aliphatic rings. The van der Waals surface area contributed by atoms with Crippen molar-refractivity contribution in [2.45, 2.75) is 23.8 Å². The van der Waals surface area contributed by atoms with Gasteiger partial charge >= 0.3 is 16.1 Å². The van der Waals surface area contributed by atoms with E-state index in [2.05, 4.69) is 4.98 Å². The van der Waals surface area contributed by atoms with Crippen molar-refractivity contribution in [3.8, 4) is 5.88 Å². The van der Waals surface area contributed by atoms with E-state index in [4.69, 9.17) is 9.29 Å². The van der Waals surface area contributed by atoms with E-state index in [-0.39, 0.29) is 29.4 Å². The fourth-order valence-corrected chi connectivity index (χ4v) is 3.34. The molecule has 23 heavy (non-hydrogen) atoms. The molecule has 1 aromatic carbocycles. The highest BCUT2D eigenvalue weighted by atomic mass is 32.2.